The molecule has 0 saturated heterocycles. The monoisotopic (exact) mass is 558 g/mol. The van der Waals surface area contributed by atoms with Gasteiger partial charge in [0.05, 0.1) is 18.3 Å². The Morgan fingerprint density at radius 2 is 1.69 bits per heavy atom. The van der Waals surface area contributed by atoms with Crippen LogP contribution in [0.5, 0.6) is 5.75 Å². The van der Waals surface area contributed by atoms with Crippen molar-refractivity contribution in [2.24, 2.45) is 5.10 Å². The molecule has 162 valence electrons. The van der Waals surface area contributed by atoms with E-state index in [9.17, 15) is 14.4 Å². The van der Waals surface area contributed by atoms with Gasteiger partial charge in [0.25, 0.3) is 11.8 Å². The highest BCUT2D eigenvalue weighted by atomic mass is 79.9. The number of rotatable bonds is 7. The number of esters is 1. The van der Waals surface area contributed by atoms with Gasteiger partial charge in [-0.1, -0.05) is 31.9 Å². The fourth-order valence-corrected chi connectivity index (χ4v) is 3.03. The Morgan fingerprint density at radius 1 is 0.969 bits per heavy atom. The molecule has 2 N–H and O–H groups in total. The van der Waals surface area contributed by atoms with Gasteiger partial charge in [-0.25, -0.2) is 10.2 Å². The van der Waals surface area contributed by atoms with Crippen molar-refractivity contribution in [2.45, 2.75) is 0 Å². The van der Waals surface area contributed by atoms with Crippen molar-refractivity contribution in [1.29, 1.82) is 0 Å². The number of pyridine rings is 1. The SMILES string of the molecule is O=C(CNC(=O)c1ccncc1)N/N=C/c1cc(OC(=O)c2ccc(Br)cc2)ccc1Br. The van der Waals surface area contributed by atoms with Crippen molar-refractivity contribution in [2.75, 3.05) is 6.54 Å². The molecule has 0 bridgehead atoms. The molecule has 0 fully saturated rings. The Labute approximate surface area is 200 Å². The second kappa shape index (κ2) is 11.3. The number of benzene rings is 2. The zero-order chi connectivity index (χ0) is 22.9. The number of hydrogen-bond donors (Lipinski definition) is 2. The van der Waals surface area contributed by atoms with Crippen molar-refractivity contribution in [3.63, 3.8) is 0 Å². The van der Waals surface area contributed by atoms with Crippen LogP contribution in [0.4, 0.5) is 0 Å². The number of ether oxygens (including phenoxy) is 1. The molecule has 8 nitrogen and oxygen atoms in total. The molecule has 1 heterocycles. The van der Waals surface area contributed by atoms with E-state index >= 15 is 0 Å². The molecule has 0 aliphatic rings. The van der Waals surface area contributed by atoms with Gasteiger partial charge in [-0.05, 0) is 54.6 Å². The van der Waals surface area contributed by atoms with E-state index in [1.165, 1.54) is 18.6 Å². The van der Waals surface area contributed by atoms with E-state index in [4.69, 9.17) is 4.74 Å². The number of hydrazone groups is 1. The summed E-state index contributed by atoms with van der Waals surface area (Å²) in [6, 6.07) is 14.8. The first kappa shape index (κ1) is 23.3. The van der Waals surface area contributed by atoms with Crippen LogP contribution in [0.1, 0.15) is 26.3 Å². The van der Waals surface area contributed by atoms with Crippen LogP contribution in [-0.2, 0) is 4.79 Å². The van der Waals surface area contributed by atoms with E-state index in [2.05, 4.69) is 52.7 Å². The van der Waals surface area contributed by atoms with Crippen LogP contribution >= 0.6 is 31.9 Å². The third-order valence-electron chi connectivity index (χ3n) is 4.00. The number of halogens is 2. The van der Waals surface area contributed by atoms with E-state index in [1.54, 1.807) is 54.6 Å². The highest BCUT2D eigenvalue weighted by Crippen LogP contribution is 2.22. The minimum atomic E-state index is -0.502. The number of nitrogens with zero attached hydrogens (tertiary/aromatic N) is 2. The summed E-state index contributed by atoms with van der Waals surface area (Å²) in [6.07, 6.45) is 4.37. The van der Waals surface area contributed by atoms with Crippen molar-refractivity contribution in [3.8, 4) is 5.75 Å². The molecule has 0 aliphatic heterocycles. The molecular weight excluding hydrogens is 544 g/mol. The molecule has 0 saturated carbocycles. The lowest BCUT2D eigenvalue weighted by atomic mass is 10.2. The molecule has 3 aromatic rings. The Morgan fingerprint density at radius 3 is 2.41 bits per heavy atom. The fourth-order valence-electron chi connectivity index (χ4n) is 2.42. The number of nitrogens with one attached hydrogen (secondary N) is 2. The number of amides is 2. The minimum Gasteiger partial charge on any atom is -0.423 e. The molecule has 0 aliphatic carbocycles. The van der Waals surface area contributed by atoms with E-state index < -0.39 is 17.8 Å². The zero-order valence-electron chi connectivity index (χ0n) is 16.4. The molecular formula is C22H16Br2N4O4. The highest BCUT2D eigenvalue weighted by molar-refractivity contribution is 9.10. The van der Waals surface area contributed by atoms with Crippen LogP contribution in [0.3, 0.4) is 0 Å². The minimum absolute atomic E-state index is 0.246. The smallest absolute Gasteiger partial charge is 0.343 e. The lowest BCUT2D eigenvalue weighted by molar-refractivity contribution is -0.120. The molecule has 0 atom stereocenters. The predicted molar refractivity (Wildman–Crippen MR) is 126 cm³/mol. The number of carbonyl (C=O) groups excluding carboxylic acids is 3. The van der Waals surface area contributed by atoms with Crippen molar-refractivity contribution >= 4 is 55.9 Å². The van der Waals surface area contributed by atoms with Gasteiger partial charge in [0.1, 0.15) is 5.75 Å². The maximum atomic E-state index is 12.3. The van der Waals surface area contributed by atoms with Crippen LogP contribution in [-0.4, -0.2) is 35.5 Å². The summed E-state index contributed by atoms with van der Waals surface area (Å²) in [5.41, 5.74) is 3.71. The van der Waals surface area contributed by atoms with Crippen LogP contribution in [0, 0.1) is 0 Å². The molecule has 1 aromatic heterocycles. The molecule has 3 rings (SSSR count). The zero-order valence-corrected chi connectivity index (χ0v) is 19.6. The Bertz CT molecular complexity index is 1150. The number of aromatic nitrogens is 1. The lowest BCUT2D eigenvalue weighted by Crippen LogP contribution is -2.34. The molecule has 2 amide bonds. The molecule has 2 aromatic carbocycles. The summed E-state index contributed by atoms with van der Waals surface area (Å²) >= 11 is 6.70. The Kier molecular flexibility index (Phi) is 8.23. The van der Waals surface area contributed by atoms with E-state index in [0.29, 0.717) is 26.9 Å². The van der Waals surface area contributed by atoms with Gasteiger partial charge in [-0.2, -0.15) is 5.10 Å². The summed E-state index contributed by atoms with van der Waals surface area (Å²) in [5.74, 6) is -1.08. The highest BCUT2D eigenvalue weighted by Gasteiger charge is 2.10. The Balaban J connectivity index is 1.54. The quantitative estimate of drug-likeness (QED) is 0.198. The first-order valence-electron chi connectivity index (χ1n) is 9.20. The normalized spacial score (nSPS) is 10.6. The van der Waals surface area contributed by atoms with Crippen LogP contribution in [0.2, 0.25) is 0 Å². The Hall–Kier alpha value is -3.37. The third kappa shape index (κ3) is 6.82. The largest absolute Gasteiger partial charge is 0.423 e. The lowest BCUT2D eigenvalue weighted by Gasteiger charge is -2.07. The first-order valence-corrected chi connectivity index (χ1v) is 10.8. The van der Waals surface area contributed by atoms with Crippen molar-refractivity contribution < 1.29 is 19.1 Å². The maximum Gasteiger partial charge on any atom is 0.343 e. The van der Waals surface area contributed by atoms with E-state index in [1.807, 2.05) is 0 Å². The second-order valence-electron chi connectivity index (χ2n) is 6.29. The van der Waals surface area contributed by atoms with Crippen LogP contribution < -0.4 is 15.5 Å². The summed E-state index contributed by atoms with van der Waals surface area (Å²) in [7, 11) is 0. The first-order chi connectivity index (χ1) is 15.4. The predicted octanol–water partition coefficient (Wildman–Crippen LogP) is 3.71. The van der Waals surface area contributed by atoms with Gasteiger partial charge in [0, 0.05) is 32.5 Å². The standard InChI is InChI=1S/C22H16Br2N4O4/c23-17-3-1-15(2-4-17)22(31)32-18-5-6-19(24)16(11-18)12-27-28-20(29)13-26-21(30)14-7-9-25-10-8-14/h1-12H,13H2,(H,26,30)(H,28,29)/b27-12+. The van der Waals surface area contributed by atoms with Crippen molar-refractivity contribution in [1.82, 2.24) is 15.7 Å². The van der Waals surface area contributed by atoms with Gasteiger partial charge in [0.15, 0.2) is 0 Å². The number of carbonyl (C=O) groups is 3. The van der Waals surface area contributed by atoms with Gasteiger partial charge < -0.3 is 10.1 Å². The summed E-state index contributed by atoms with van der Waals surface area (Å²) in [4.78, 5) is 39.9. The molecule has 0 unspecified atom stereocenters. The topological polar surface area (TPSA) is 110 Å². The average Bonchev–Trinajstić information content (AvgIpc) is 2.80. The summed E-state index contributed by atoms with van der Waals surface area (Å²) in [6.45, 7) is -0.246. The molecule has 0 radical (unpaired) electrons. The van der Waals surface area contributed by atoms with Gasteiger partial charge in [-0.15, -0.1) is 0 Å². The average molecular weight is 560 g/mol. The number of hydrogen-bond acceptors (Lipinski definition) is 6. The fraction of sp³-hybridized carbons (Fsp3) is 0.0455. The summed E-state index contributed by atoms with van der Waals surface area (Å²) in [5, 5.41) is 6.37. The van der Waals surface area contributed by atoms with Gasteiger partial charge in [0.2, 0.25) is 0 Å². The van der Waals surface area contributed by atoms with Gasteiger partial charge in [-0.3, -0.25) is 14.6 Å². The van der Waals surface area contributed by atoms with Gasteiger partial charge >= 0.3 is 5.97 Å². The summed E-state index contributed by atoms with van der Waals surface area (Å²) < 4.78 is 6.94. The maximum absolute atomic E-state index is 12.3. The van der Waals surface area contributed by atoms with E-state index in [-0.39, 0.29) is 6.54 Å². The van der Waals surface area contributed by atoms with Crippen LogP contribution in [0.15, 0.2) is 81.0 Å². The third-order valence-corrected chi connectivity index (χ3v) is 5.25. The van der Waals surface area contributed by atoms with Crippen molar-refractivity contribution in [3.05, 3.63) is 92.6 Å². The van der Waals surface area contributed by atoms with E-state index in [0.717, 1.165) is 4.47 Å². The molecule has 32 heavy (non-hydrogen) atoms. The molecule has 10 heteroatoms. The van der Waals surface area contributed by atoms with Crippen LogP contribution in [0.25, 0.3) is 0 Å². The molecule has 0 spiro atoms. The second-order valence-corrected chi connectivity index (χ2v) is 8.06.